The molecule has 2 aromatic rings. The van der Waals surface area contributed by atoms with Gasteiger partial charge in [0.2, 0.25) is 0 Å². The van der Waals surface area contributed by atoms with Gasteiger partial charge in [-0.2, -0.15) is 4.99 Å². The summed E-state index contributed by atoms with van der Waals surface area (Å²) < 4.78 is 29.5. The fourth-order valence-electron chi connectivity index (χ4n) is 3.63. The number of hydrogen-bond acceptors (Lipinski definition) is 6. The van der Waals surface area contributed by atoms with E-state index in [2.05, 4.69) is 4.99 Å². The maximum absolute atomic E-state index is 12.8. The van der Waals surface area contributed by atoms with Crippen LogP contribution in [0.1, 0.15) is 27.6 Å². The van der Waals surface area contributed by atoms with Crippen molar-refractivity contribution >= 4 is 44.1 Å². The van der Waals surface area contributed by atoms with Crippen LogP contribution in [-0.2, 0) is 9.84 Å². The van der Waals surface area contributed by atoms with E-state index in [1.165, 1.54) is 18.7 Å². The largest absolute Gasteiger partial charge is 0.497 e. The number of ketones is 1. The standard InChI is InChI=1S/C21H20N2O5S2/c1-13(24)15-4-3-5-16(10-15)23-18-11-30(26,27)12-19(18)29-21(23)22-20(25)14-6-8-17(28-2)9-7-14/h3-10,18-19H,11-12H2,1-2H3. The van der Waals surface area contributed by atoms with Crippen molar-refractivity contribution in [3.05, 3.63) is 59.7 Å². The smallest absolute Gasteiger partial charge is 0.279 e. The number of benzene rings is 2. The minimum Gasteiger partial charge on any atom is -0.497 e. The zero-order chi connectivity index (χ0) is 21.5. The predicted octanol–water partition coefficient (Wildman–Crippen LogP) is 2.81. The SMILES string of the molecule is COc1ccc(C(=O)N=C2SC3CS(=O)(=O)CC3N2c2cccc(C(C)=O)c2)cc1. The number of Topliss-reactive ketones (excluding diaryl/α,β-unsaturated/α-hetero) is 1. The quantitative estimate of drug-likeness (QED) is 0.670. The summed E-state index contributed by atoms with van der Waals surface area (Å²) >= 11 is 1.30. The van der Waals surface area contributed by atoms with Gasteiger partial charge in [-0.25, -0.2) is 8.42 Å². The molecule has 0 aliphatic carbocycles. The molecule has 2 fully saturated rings. The molecule has 2 atom stereocenters. The summed E-state index contributed by atoms with van der Waals surface area (Å²) in [6, 6.07) is 13.3. The van der Waals surface area contributed by atoms with E-state index in [1.54, 1.807) is 60.5 Å². The average molecular weight is 445 g/mol. The molecular formula is C21H20N2O5S2. The third-order valence-electron chi connectivity index (χ3n) is 5.13. The molecule has 0 aromatic heterocycles. The van der Waals surface area contributed by atoms with E-state index < -0.39 is 15.7 Å². The highest BCUT2D eigenvalue weighted by Crippen LogP contribution is 2.41. The van der Waals surface area contributed by atoms with Crippen molar-refractivity contribution in [3.63, 3.8) is 0 Å². The lowest BCUT2D eigenvalue weighted by molar-refractivity contribution is 0.0998. The molecule has 0 bridgehead atoms. The number of anilines is 1. The van der Waals surface area contributed by atoms with Crippen LogP contribution in [0.4, 0.5) is 5.69 Å². The van der Waals surface area contributed by atoms with Crippen molar-refractivity contribution in [1.82, 2.24) is 0 Å². The topological polar surface area (TPSA) is 93.1 Å². The number of sulfone groups is 1. The number of ether oxygens (including phenoxy) is 1. The summed E-state index contributed by atoms with van der Waals surface area (Å²) in [4.78, 5) is 30.7. The number of rotatable bonds is 4. The average Bonchev–Trinajstić information content (AvgIpc) is 3.18. The fourth-order valence-corrected chi connectivity index (χ4v) is 7.54. The Kier molecular flexibility index (Phi) is 5.42. The van der Waals surface area contributed by atoms with Crippen molar-refractivity contribution in [2.45, 2.75) is 18.2 Å². The van der Waals surface area contributed by atoms with Crippen LogP contribution in [0.25, 0.3) is 0 Å². The van der Waals surface area contributed by atoms with Crippen LogP contribution in [0.2, 0.25) is 0 Å². The van der Waals surface area contributed by atoms with Crippen LogP contribution in [0.3, 0.4) is 0 Å². The number of carbonyl (C=O) groups excluding carboxylic acids is 2. The number of hydrogen-bond donors (Lipinski definition) is 0. The van der Waals surface area contributed by atoms with Crippen molar-refractivity contribution in [3.8, 4) is 5.75 Å². The molecule has 9 heteroatoms. The summed E-state index contributed by atoms with van der Waals surface area (Å²) in [5.41, 5.74) is 1.58. The summed E-state index contributed by atoms with van der Waals surface area (Å²) in [6.07, 6.45) is 0. The van der Waals surface area contributed by atoms with E-state index in [1.807, 2.05) is 0 Å². The Morgan fingerprint density at radius 2 is 1.83 bits per heavy atom. The Morgan fingerprint density at radius 3 is 2.50 bits per heavy atom. The van der Waals surface area contributed by atoms with Gasteiger partial charge in [0.1, 0.15) is 5.75 Å². The molecule has 156 valence electrons. The number of thioether (sulfide) groups is 1. The number of nitrogens with zero attached hydrogens (tertiary/aromatic N) is 2. The number of methoxy groups -OCH3 is 1. The molecule has 2 saturated heterocycles. The summed E-state index contributed by atoms with van der Waals surface area (Å²) in [6.45, 7) is 1.48. The fraction of sp³-hybridized carbons (Fsp3) is 0.286. The van der Waals surface area contributed by atoms with Gasteiger partial charge >= 0.3 is 0 Å². The molecule has 4 rings (SSSR count). The zero-order valence-electron chi connectivity index (χ0n) is 16.4. The third kappa shape index (κ3) is 3.99. The van der Waals surface area contributed by atoms with Crippen LogP contribution < -0.4 is 9.64 Å². The van der Waals surface area contributed by atoms with E-state index >= 15 is 0 Å². The van der Waals surface area contributed by atoms with Gasteiger partial charge in [0.05, 0.1) is 24.7 Å². The zero-order valence-corrected chi connectivity index (χ0v) is 18.1. The number of aliphatic imine (C=N–C) groups is 1. The van der Waals surface area contributed by atoms with Gasteiger partial charge in [-0.1, -0.05) is 23.9 Å². The lowest BCUT2D eigenvalue weighted by Crippen LogP contribution is -2.37. The lowest BCUT2D eigenvalue weighted by atomic mass is 10.1. The lowest BCUT2D eigenvalue weighted by Gasteiger charge is -2.24. The minimum atomic E-state index is -3.17. The highest BCUT2D eigenvalue weighted by atomic mass is 32.2. The molecule has 2 unspecified atom stereocenters. The summed E-state index contributed by atoms with van der Waals surface area (Å²) in [7, 11) is -1.62. The number of amidine groups is 1. The molecular weight excluding hydrogens is 424 g/mol. The van der Waals surface area contributed by atoms with Crippen LogP contribution in [0.15, 0.2) is 53.5 Å². The number of fused-ring (bicyclic) bond motifs is 1. The molecule has 0 N–H and O–H groups in total. The second kappa shape index (κ2) is 7.88. The Labute approximate surface area is 179 Å². The van der Waals surface area contributed by atoms with Crippen LogP contribution >= 0.6 is 11.8 Å². The number of carbonyl (C=O) groups is 2. The first kappa shape index (κ1) is 20.6. The Morgan fingerprint density at radius 1 is 1.10 bits per heavy atom. The molecule has 2 aliphatic rings. The first-order chi connectivity index (χ1) is 14.3. The molecule has 0 saturated carbocycles. The van der Waals surface area contributed by atoms with E-state index in [4.69, 9.17) is 4.74 Å². The van der Waals surface area contributed by atoms with Crippen molar-refractivity contribution in [2.24, 2.45) is 4.99 Å². The first-order valence-electron chi connectivity index (χ1n) is 9.32. The van der Waals surface area contributed by atoms with Gasteiger partial charge < -0.3 is 9.64 Å². The van der Waals surface area contributed by atoms with Gasteiger partial charge in [-0.15, -0.1) is 0 Å². The monoisotopic (exact) mass is 444 g/mol. The van der Waals surface area contributed by atoms with E-state index in [-0.39, 0.29) is 28.6 Å². The van der Waals surface area contributed by atoms with Gasteiger partial charge in [-0.3, -0.25) is 9.59 Å². The molecule has 0 radical (unpaired) electrons. The summed E-state index contributed by atoms with van der Waals surface area (Å²) in [5.74, 6) is 0.158. The van der Waals surface area contributed by atoms with Crippen molar-refractivity contribution in [2.75, 3.05) is 23.5 Å². The molecule has 30 heavy (non-hydrogen) atoms. The first-order valence-corrected chi connectivity index (χ1v) is 12.0. The second-order valence-electron chi connectivity index (χ2n) is 7.21. The van der Waals surface area contributed by atoms with Crippen LogP contribution in [-0.4, -0.2) is 55.2 Å². The Balaban J connectivity index is 1.72. The maximum Gasteiger partial charge on any atom is 0.279 e. The second-order valence-corrected chi connectivity index (χ2v) is 10.6. The third-order valence-corrected chi connectivity index (χ3v) is 8.34. The molecule has 0 spiro atoms. The highest BCUT2D eigenvalue weighted by molar-refractivity contribution is 8.16. The maximum atomic E-state index is 12.8. The minimum absolute atomic E-state index is 0.00921. The van der Waals surface area contributed by atoms with E-state index in [0.29, 0.717) is 27.7 Å². The Bertz CT molecular complexity index is 1140. The van der Waals surface area contributed by atoms with Gasteiger partial charge in [0.15, 0.2) is 20.8 Å². The molecule has 2 aromatic carbocycles. The van der Waals surface area contributed by atoms with E-state index in [0.717, 1.165) is 0 Å². The van der Waals surface area contributed by atoms with Crippen molar-refractivity contribution in [1.29, 1.82) is 0 Å². The van der Waals surface area contributed by atoms with Gasteiger partial charge in [0.25, 0.3) is 5.91 Å². The predicted molar refractivity (Wildman–Crippen MR) is 118 cm³/mol. The van der Waals surface area contributed by atoms with Gasteiger partial charge in [0, 0.05) is 22.1 Å². The molecule has 2 heterocycles. The van der Waals surface area contributed by atoms with E-state index in [9.17, 15) is 18.0 Å². The highest BCUT2D eigenvalue weighted by Gasteiger charge is 2.49. The van der Waals surface area contributed by atoms with Gasteiger partial charge in [-0.05, 0) is 43.3 Å². The normalized spacial score (nSPS) is 23.4. The Hall–Kier alpha value is -2.65. The summed E-state index contributed by atoms with van der Waals surface area (Å²) in [5, 5.41) is 0.236. The van der Waals surface area contributed by atoms with Crippen LogP contribution in [0, 0.1) is 0 Å². The van der Waals surface area contributed by atoms with Crippen LogP contribution in [0.5, 0.6) is 5.75 Å². The number of amides is 1. The van der Waals surface area contributed by atoms with Crippen molar-refractivity contribution < 1.29 is 22.7 Å². The molecule has 1 amide bonds. The molecule has 7 nitrogen and oxygen atoms in total. The molecule has 2 aliphatic heterocycles.